The van der Waals surface area contributed by atoms with E-state index in [0.717, 1.165) is 12.3 Å². The van der Waals surface area contributed by atoms with E-state index in [0.29, 0.717) is 12.0 Å². The number of nitrogens with two attached hydrogens (primary N) is 1. The topological polar surface area (TPSA) is 26.0 Å². The summed E-state index contributed by atoms with van der Waals surface area (Å²) in [5.74, 6) is 1.54. The van der Waals surface area contributed by atoms with Gasteiger partial charge in [-0.05, 0) is 55.6 Å². The molecular weight excluding hydrogens is 194 g/mol. The van der Waals surface area contributed by atoms with Gasteiger partial charge in [0.1, 0.15) is 0 Å². The Labute approximate surface area is 99.0 Å². The minimum atomic E-state index is 0.413. The lowest BCUT2D eigenvalue weighted by Gasteiger charge is -2.33. The van der Waals surface area contributed by atoms with Gasteiger partial charge in [-0.2, -0.15) is 0 Å². The smallest absolute Gasteiger partial charge is 0.00705 e. The van der Waals surface area contributed by atoms with Crippen molar-refractivity contribution in [3.63, 3.8) is 0 Å². The van der Waals surface area contributed by atoms with Crippen molar-refractivity contribution in [1.29, 1.82) is 0 Å². The zero-order valence-corrected chi connectivity index (χ0v) is 10.4. The molecule has 3 atom stereocenters. The highest BCUT2D eigenvalue weighted by Gasteiger charge is 2.26. The van der Waals surface area contributed by atoms with Crippen molar-refractivity contribution in [3.05, 3.63) is 35.4 Å². The summed E-state index contributed by atoms with van der Waals surface area (Å²) in [5, 5.41) is 0. The zero-order valence-electron chi connectivity index (χ0n) is 10.4. The molecule has 0 radical (unpaired) electrons. The van der Waals surface area contributed by atoms with E-state index in [1.54, 1.807) is 0 Å². The van der Waals surface area contributed by atoms with Crippen LogP contribution in [-0.4, -0.2) is 6.04 Å². The average Bonchev–Trinajstić information content (AvgIpc) is 2.27. The van der Waals surface area contributed by atoms with Crippen LogP contribution in [0.5, 0.6) is 0 Å². The minimum absolute atomic E-state index is 0.413. The number of hydrogen-bond acceptors (Lipinski definition) is 1. The Kier molecular flexibility index (Phi) is 3.65. The Bertz CT molecular complexity index is 345. The van der Waals surface area contributed by atoms with Gasteiger partial charge in [0, 0.05) is 6.04 Å². The minimum Gasteiger partial charge on any atom is -0.327 e. The number of rotatable bonds is 2. The fourth-order valence-electron chi connectivity index (χ4n) is 2.88. The summed E-state index contributed by atoms with van der Waals surface area (Å²) < 4.78 is 0. The lowest BCUT2D eigenvalue weighted by atomic mass is 9.76. The fourth-order valence-corrected chi connectivity index (χ4v) is 2.88. The first-order valence-electron chi connectivity index (χ1n) is 6.47. The largest absolute Gasteiger partial charge is 0.327 e. The molecule has 0 amide bonds. The molecule has 2 rings (SSSR count). The summed E-state index contributed by atoms with van der Waals surface area (Å²) in [6.45, 7) is 4.56. The van der Waals surface area contributed by atoms with Crippen LogP contribution in [-0.2, 0) is 6.42 Å². The van der Waals surface area contributed by atoms with Crippen molar-refractivity contribution in [3.8, 4) is 0 Å². The maximum Gasteiger partial charge on any atom is 0.00705 e. The van der Waals surface area contributed by atoms with Crippen molar-refractivity contribution >= 4 is 0 Å². The summed E-state index contributed by atoms with van der Waals surface area (Å²) in [4.78, 5) is 0. The fraction of sp³-hybridized carbons (Fsp3) is 0.600. The second kappa shape index (κ2) is 5.01. The van der Waals surface area contributed by atoms with Crippen LogP contribution in [0.2, 0.25) is 0 Å². The van der Waals surface area contributed by atoms with Crippen molar-refractivity contribution in [1.82, 2.24) is 0 Å². The molecule has 0 bridgehead atoms. The molecule has 1 aromatic carbocycles. The molecule has 1 fully saturated rings. The van der Waals surface area contributed by atoms with E-state index >= 15 is 0 Å². The van der Waals surface area contributed by atoms with Crippen molar-refractivity contribution in [2.75, 3.05) is 0 Å². The van der Waals surface area contributed by atoms with Gasteiger partial charge < -0.3 is 5.73 Å². The van der Waals surface area contributed by atoms with Crippen LogP contribution in [0.3, 0.4) is 0 Å². The van der Waals surface area contributed by atoms with Gasteiger partial charge in [0.15, 0.2) is 0 Å². The summed E-state index contributed by atoms with van der Waals surface area (Å²) >= 11 is 0. The number of aryl methyl sites for hydroxylation is 1. The van der Waals surface area contributed by atoms with Crippen LogP contribution in [0.15, 0.2) is 24.3 Å². The molecule has 1 nitrogen and oxygen atoms in total. The quantitative estimate of drug-likeness (QED) is 0.808. The van der Waals surface area contributed by atoms with Crippen molar-refractivity contribution in [2.24, 2.45) is 17.6 Å². The highest BCUT2D eigenvalue weighted by atomic mass is 14.7. The molecule has 0 saturated heterocycles. The Morgan fingerprint density at radius 3 is 2.75 bits per heavy atom. The Hall–Kier alpha value is -0.820. The highest BCUT2D eigenvalue weighted by molar-refractivity contribution is 5.26. The molecule has 0 aliphatic heterocycles. The van der Waals surface area contributed by atoms with Crippen LogP contribution >= 0.6 is 0 Å². The van der Waals surface area contributed by atoms with E-state index in [4.69, 9.17) is 5.73 Å². The van der Waals surface area contributed by atoms with E-state index < -0.39 is 0 Å². The number of hydrogen-bond donors (Lipinski definition) is 1. The lowest BCUT2D eigenvalue weighted by molar-refractivity contribution is 0.244. The molecule has 0 aromatic heterocycles. The molecule has 1 aliphatic carbocycles. The molecule has 1 saturated carbocycles. The van der Waals surface area contributed by atoms with E-state index in [1.165, 1.54) is 30.4 Å². The summed E-state index contributed by atoms with van der Waals surface area (Å²) in [6.07, 6.45) is 4.98. The van der Waals surface area contributed by atoms with E-state index in [2.05, 4.69) is 38.1 Å². The first kappa shape index (κ1) is 11.7. The standard InChI is InChI=1S/C15H23N/c1-11-7-8-15(16)14(9-11)10-13-6-4-3-5-12(13)2/h3-6,11,14-15H,7-10,16H2,1-2H3. The SMILES string of the molecule is Cc1ccccc1CC1CC(C)CCC1N. The average molecular weight is 217 g/mol. The molecule has 3 unspecified atom stereocenters. The van der Waals surface area contributed by atoms with Crippen LogP contribution in [0, 0.1) is 18.8 Å². The zero-order chi connectivity index (χ0) is 11.5. The van der Waals surface area contributed by atoms with Gasteiger partial charge in [0.2, 0.25) is 0 Å². The van der Waals surface area contributed by atoms with Gasteiger partial charge in [0.25, 0.3) is 0 Å². The summed E-state index contributed by atoms with van der Waals surface area (Å²) in [7, 11) is 0. The Balaban J connectivity index is 2.06. The molecule has 1 heteroatoms. The molecule has 2 N–H and O–H groups in total. The van der Waals surface area contributed by atoms with Gasteiger partial charge in [-0.3, -0.25) is 0 Å². The highest BCUT2D eigenvalue weighted by Crippen LogP contribution is 2.30. The molecular formula is C15H23N. The van der Waals surface area contributed by atoms with Crippen LogP contribution in [0.1, 0.15) is 37.3 Å². The molecule has 0 spiro atoms. The maximum atomic E-state index is 6.24. The maximum absolute atomic E-state index is 6.24. The van der Waals surface area contributed by atoms with Gasteiger partial charge in [-0.25, -0.2) is 0 Å². The van der Waals surface area contributed by atoms with Crippen molar-refractivity contribution in [2.45, 2.75) is 45.6 Å². The predicted molar refractivity (Wildman–Crippen MR) is 69.4 cm³/mol. The first-order chi connectivity index (χ1) is 7.66. The van der Waals surface area contributed by atoms with Gasteiger partial charge in [-0.15, -0.1) is 0 Å². The molecule has 88 valence electrons. The van der Waals surface area contributed by atoms with E-state index in [-0.39, 0.29) is 0 Å². The predicted octanol–water partition coefficient (Wildman–Crippen LogP) is 3.30. The third-order valence-corrected chi connectivity index (χ3v) is 4.05. The molecule has 1 aromatic rings. The molecule has 16 heavy (non-hydrogen) atoms. The van der Waals surface area contributed by atoms with Crippen LogP contribution < -0.4 is 5.73 Å². The second-order valence-corrected chi connectivity index (χ2v) is 5.47. The van der Waals surface area contributed by atoms with E-state index in [1.807, 2.05) is 0 Å². The third-order valence-electron chi connectivity index (χ3n) is 4.05. The summed E-state index contributed by atoms with van der Waals surface area (Å²) in [5.41, 5.74) is 9.13. The van der Waals surface area contributed by atoms with Gasteiger partial charge >= 0.3 is 0 Å². The first-order valence-corrected chi connectivity index (χ1v) is 6.47. The monoisotopic (exact) mass is 217 g/mol. The Morgan fingerprint density at radius 1 is 1.25 bits per heavy atom. The van der Waals surface area contributed by atoms with E-state index in [9.17, 15) is 0 Å². The normalized spacial score (nSPS) is 30.3. The molecule has 0 heterocycles. The lowest BCUT2D eigenvalue weighted by Crippen LogP contribution is -2.36. The number of benzene rings is 1. The Morgan fingerprint density at radius 2 is 2.00 bits per heavy atom. The van der Waals surface area contributed by atoms with Crippen LogP contribution in [0.25, 0.3) is 0 Å². The van der Waals surface area contributed by atoms with Gasteiger partial charge in [-0.1, -0.05) is 31.2 Å². The molecule has 1 aliphatic rings. The third kappa shape index (κ3) is 2.65. The van der Waals surface area contributed by atoms with Crippen LogP contribution in [0.4, 0.5) is 0 Å². The second-order valence-electron chi connectivity index (χ2n) is 5.47. The van der Waals surface area contributed by atoms with Crippen molar-refractivity contribution < 1.29 is 0 Å². The summed E-state index contributed by atoms with van der Waals surface area (Å²) in [6, 6.07) is 9.12. The van der Waals surface area contributed by atoms with Gasteiger partial charge in [0.05, 0.1) is 0 Å².